The average molecular weight is 519 g/mol. The quantitative estimate of drug-likeness (QED) is 0.347. The van der Waals surface area contributed by atoms with Gasteiger partial charge in [-0.15, -0.1) is 6.42 Å². The second-order valence-corrected chi connectivity index (χ2v) is 10.2. The minimum absolute atomic E-state index is 0.0364. The van der Waals surface area contributed by atoms with Gasteiger partial charge in [-0.2, -0.15) is 0 Å². The molecule has 3 aromatic carbocycles. The average Bonchev–Trinajstić information content (AvgIpc) is 3.26. The van der Waals surface area contributed by atoms with Gasteiger partial charge in [-0.05, 0) is 72.4 Å². The first-order chi connectivity index (χ1) is 18.7. The molecule has 0 radical (unpaired) electrons. The molecule has 38 heavy (non-hydrogen) atoms. The molecule has 188 valence electrons. The predicted molar refractivity (Wildman–Crippen MR) is 151 cm³/mol. The Kier molecular flexibility index (Phi) is 6.45. The van der Waals surface area contributed by atoms with E-state index in [9.17, 15) is 4.79 Å². The maximum Gasteiger partial charge on any atom is 0.271 e. The van der Waals surface area contributed by atoms with Crippen LogP contribution in [0, 0.1) is 12.3 Å². The Balaban J connectivity index is 1.50. The van der Waals surface area contributed by atoms with E-state index in [1.54, 1.807) is 0 Å². The van der Waals surface area contributed by atoms with Crippen molar-refractivity contribution in [3.05, 3.63) is 120 Å². The van der Waals surface area contributed by atoms with Gasteiger partial charge in [-0.25, -0.2) is 4.99 Å². The van der Waals surface area contributed by atoms with Crippen molar-refractivity contribution in [2.75, 3.05) is 13.2 Å². The third-order valence-electron chi connectivity index (χ3n) is 6.88. The zero-order chi connectivity index (χ0) is 26.1. The zero-order valence-corrected chi connectivity index (χ0v) is 21.8. The van der Waals surface area contributed by atoms with Crippen LogP contribution in [0.15, 0.2) is 88.2 Å². The molecule has 0 bridgehead atoms. The summed E-state index contributed by atoms with van der Waals surface area (Å²) in [6, 6.07) is 23.9. The number of aromatic nitrogens is 1. The van der Waals surface area contributed by atoms with Crippen LogP contribution in [-0.4, -0.2) is 17.8 Å². The van der Waals surface area contributed by atoms with E-state index in [2.05, 4.69) is 42.3 Å². The van der Waals surface area contributed by atoms with Crippen LogP contribution in [0.1, 0.15) is 41.6 Å². The van der Waals surface area contributed by atoms with E-state index >= 15 is 0 Å². The molecule has 0 spiro atoms. The van der Waals surface area contributed by atoms with Gasteiger partial charge in [-0.3, -0.25) is 9.36 Å². The number of ether oxygens (including phenoxy) is 2. The molecule has 0 N–H and O–H groups in total. The number of hydrogen-bond donors (Lipinski definition) is 0. The van der Waals surface area contributed by atoms with Crippen molar-refractivity contribution in [2.45, 2.75) is 25.8 Å². The van der Waals surface area contributed by atoms with Gasteiger partial charge in [0.15, 0.2) is 4.80 Å². The molecule has 4 aromatic rings. The first kappa shape index (κ1) is 24.0. The van der Waals surface area contributed by atoms with E-state index in [-0.39, 0.29) is 18.2 Å². The Morgan fingerprint density at radius 2 is 1.76 bits per heavy atom. The molecule has 5 nitrogen and oxygen atoms in total. The van der Waals surface area contributed by atoms with Gasteiger partial charge in [0.2, 0.25) is 0 Å². The lowest BCUT2D eigenvalue weighted by Gasteiger charge is -2.30. The molecular weight excluding hydrogens is 492 g/mol. The minimum Gasteiger partial charge on any atom is -0.494 e. The molecule has 6 rings (SSSR count). The second-order valence-electron chi connectivity index (χ2n) is 9.18. The summed E-state index contributed by atoms with van der Waals surface area (Å²) >= 11 is 1.43. The van der Waals surface area contributed by atoms with Gasteiger partial charge in [-0.1, -0.05) is 65.8 Å². The van der Waals surface area contributed by atoms with E-state index in [4.69, 9.17) is 20.9 Å². The summed E-state index contributed by atoms with van der Waals surface area (Å²) in [6.07, 6.45) is 8.98. The number of aryl methyl sites for hydroxylation is 1. The van der Waals surface area contributed by atoms with Crippen LogP contribution in [0.5, 0.6) is 11.5 Å². The minimum atomic E-state index is -0.216. The number of thiazole rings is 1. The maximum absolute atomic E-state index is 13.9. The molecule has 2 heterocycles. The fraction of sp³-hybridized carbons (Fsp3) is 0.188. The van der Waals surface area contributed by atoms with Crippen LogP contribution in [0.2, 0.25) is 0 Å². The highest BCUT2D eigenvalue weighted by Crippen LogP contribution is 2.41. The normalized spacial score (nSPS) is 16.1. The summed E-state index contributed by atoms with van der Waals surface area (Å²) < 4.78 is 13.7. The van der Waals surface area contributed by atoms with E-state index in [1.807, 2.05) is 54.0 Å². The molecule has 1 aromatic heterocycles. The van der Waals surface area contributed by atoms with Crippen molar-refractivity contribution >= 4 is 23.1 Å². The van der Waals surface area contributed by atoms with Crippen LogP contribution in [0.3, 0.4) is 0 Å². The van der Waals surface area contributed by atoms with Crippen LogP contribution in [0.4, 0.5) is 0 Å². The van der Waals surface area contributed by atoms with Crippen molar-refractivity contribution in [3.8, 4) is 23.8 Å². The van der Waals surface area contributed by atoms with Gasteiger partial charge in [0.25, 0.3) is 5.56 Å². The lowest BCUT2D eigenvalue weighted by Crippen LogP contribution is -2.38. The highest BCUT2D eigenvalue weighted by Gasteiger charge is 2.32. The number of fused-ring (bicyclic) bond motifs is 3. The third kappa shape index (κ3) is 4.36. The summed E-state index contributed by atoms with van der Waals surface area (Å²) in [5.74, 6) is 3.98. The Morgan fingerprint density at radius 1 is 1.03 bits per heavy atom. The standard InChI is InChI=1S/C32H26N2O3S/c1-3-19-37-25-14-9-21(10-15-25)20-28-31(35)34-30(23-11-16-24(17-12-23)36-4-2)27-18-13-22-7-5-6-8-26(22)29(27)33-32(34)38-28/h1,5-12,14-17,20,30H,4,13,18-19H2,2H3. The van der Waals surface area contributed by atoms with Gasteiger partial charge >= 0.3 is 0 Å². The number of hydrogen-bond acceptors (Lipinski definition) is 5. The van der Waals surface area contributed by atoms with Crippen molar-refractivity contribution in [1.29, 1.82) is 0 Å². The van der Waals surface area contributed by atoms with E-state index in [0.29, 0.717) is 21.7 Å². The van der Waals surface area contributed by atoms with Gasteiger partial charge in [0.05, 0.1) is 22.9 Å². The third-order valence-corrected chi connectivity index (χ3v) is 7.86. The second kappa shape index (κ2) is 10.2. The van der Waals surface area contributed by atoms with E-state index < -0.39 is 0 Å². The lowest BCUT2D eigenvalue weighted by molar-refractivity contribution is 0.340. The lowest BCUT2D eigenvalue weighted by atomic mass is 9.83. The molecule has 2 aliphatic rings. The van der Waals surface area contributed by atoms with Crippen molar-refractivity contribution in [3.63, 3.8) is 0 Å². The largest absolute Gasteiger partial charge is 0.494 e. The topological polar surface area (TPSA) is 52.8 Å². The highest BCUT2D eigenvalue weighted by atomic mass is 32.1. The first-order valence-electron chi connectivity index (χ1n) is 12.7. The Hall–Kier alpha value is -4.34. The molecule has 0 saturated carbocycles. The molecule has 1 aliphatic carbocycles. The summed E-state index contributed by atoms with van der Waals surface area (Å²) in [7, 11) is 0. The predicted octanol–water partition coefficient (Wildman–Crippen LogP) is 4.73. The molecule has 0 fully saturated rings. The fourth-order valence-electron chi connectivity index (χ4n) is 5.17. The van der Waals surface area contributed by atoms with Gasteiger partial charge in [0, 0.05) is 5.56 Å². The molecule has 1 atom stereocenters. The van der Waals surface area contributed by atoms with Crippen LogP contribution in [-0.2, 0) is 6.42 Å². The number of rotatable bonds is 6. The van der Waals surface area contributed by atoms with Crippen molar-refractivity contribution < 1.29 is 9.47 Å². The van der Waals surface area contributed by atoms with Crippen LogP contribution >= 0.6 is 11.3 Å². The smallest absolute Gasteiger partial charge is 0.271 e. The highest BCUT2D eigenvalue weighted by molar-refractivity contribution is 7.07. The Bertz CT molecular complexity index is 1750. The SMILES string of the molecule is C#CCOc1ccc(C=c2sc3n(c2=O)C(c2ccc(OCC)cc2)C2=C(N=3)c3ccccc3CC2)cc1. The molecule has 6 heteroatoms. The zero-order valence-electron chi connectivity index (χ0n) is 21.0. The molecule has 1 unspecified atom stereocenters. The Labute approximate surface area is 225 Å². The summed E-state index contributed by atoms with van der Waals surface area (Å²) in [6.45, 7) is 2.80. The Morgan fingerprint density at radius 3 is 2.53 bits per heavy atom. The summed E-state index contributed by atoms with van der Waals surface area (Å²) in [5, 5.41) is 0. The van der Waals surface area contributed by atoms with E-state index in [1.165, 1.54) is 22.5 Å². The van der Waals surface area contributed by atoms with Gasteiger partial charge in [0.1, 0.15) is 18.1 Å². The van der Waals surface area contributed by atoms with Crippen molar-refractivity contribution in [1.82, 2.24) is 4.57 Å². The number of nitrogens with zero attached hydrogens (tertiary/aromatic N) is 2. The molecular formula is C32H26N2O3S. The van der Waals surface area contributed by atoms with Crippen LogP contribution < -0.4 is 24.4 Å². The number of allylic oxidation sites excluding steroid dienone is 1. The first-order valence-corrected chi connectivity index (χ1v) is 13.5. The summed E-state index contributed by atoms with van der Waals surface area (Å²) in [4.78, 5) is 19.7. The molecule has 1 aliphatic heterocycles. The summed E-state index contributed by atoms with van der Waals surface area (Å²) in [5.41, 5.74) is 6.56. The van der Waals surface area contributed by atoms with Crippen molar-refractivity contribution in [2.24, 2.45) is 4.99 Å². The van der Waals surface area contributed by atoms with Gasteiger partial charge < -0.3 is 9.47 Å². The molecule has 0 amide bonds. The van der Waals surface area contributed by atoms with Crippen LogP contribution in [0.25, 0.3) is 11.8 Å². The molecule has 0 saturated heterocycles. The fourth-order valence-corrected chi connectivity index (χ4v) is 6.17. The number of terminal acetylenes is 1. The number of benzene rings is 3. The maximum atomic E-state index is 13.9. The monoisotopic (exact) mass is 518 g/mol. The van der Waals surface area contributed by atoms with E-state index in [0.717, 1.165) is 41.0 Å².